The minimum absolute atomic E-state index is 0.612. The summed E-state index contributed by atoms with van der Waals surface area (Å²) in [5, 5.41) is 0.771. The number of nitrogens with zero attached hydrogens (tertiary/aromatic N) is 2. The topological polar surface area (TPSA) is 17.8 Å². The van der Waals surface area contributed by atoms with E-state index in [-0.39, 0.29) is 0 Å². The van der Waals surface area contributed by atoms with Crippen molar-refractivity contribution in [1.82, 2.24) is 9.55 Å². The molecule has 4 heteroatoms. The Balaban J connectivity index is 1.98. The van der Waals surface area contributed by atoms with E-state index in [1.54, 1.807) is 0 Å². The molecule has 0 N–H and O–H groups in total. The number of alkyl halides is 1. The van der Waals surface area contributed by atoms with E-state index in [0.29, 0.717) is 5.88 Å². The van der Waals surface area contributed by atoms with Crippen molar-refractivity contribution in [3.8, 4) is 0 Å². The highest BCUT2D eigenvalue weighted by Crippen LogP contribution is 2.33. The van der Waals surface area contributed by atoms with Crippen LogP contribution in [0.2, 0.25) is 5.02 Å². The number of halogens is 2. The van der Waals surface area contributed by atoms with Gasteiger partial charge in [-0.05, 0) is 30.5 Å². The summed E-state index contributed by atoms with van der Waals surface area (Å²) in [5.74, 6) is 2.62. The number of fused-ring (bicyclic) bond motifs is 1. The van der Waals surface area contributed by atoms with Gasteiger partial charge in [-0.3, -0.25) is 0 Å². The Morgan fingerprint density at radius 2 is 2.17 bits per heavy atom. The first-order chi connectivity index (χ1) is 8.78. The van der Waals surface area contributed by atoms with E-state index in [2.05, 4.69) is 9.55 Å². The molecule has 1 saturated carbocycles. The molecule has 0 saturated heterocycles. The first-order valence-electron chi connectivity index (χ1n) is 6.48. The highest BCUT2D eigenvalue weighted by molar-refractivity contribution is 6.31. The maximum atomic E-state index is 6.08. The second kappa shape index (κ2) is 5.10. The summed E-state index contributed by atoms with van der Waals surface area (Å²) in [6.45, 7) is 1.04. The van der Waals surface area contributed by atoms with Crippen LogP contribution < -0.4 is 0 Å². The van der Waals surface area contributed by atoms with Crippen molar-refractivity contribution in [2.45, 2.75) is 32.2 Å². The zero-order chi connectivity index (χ0) is 12.5. The van der Waals surface area contributed by atoms with Crippen LogP contribution in [-0.4, -0.2) is 15.4 Å². The third kappa shape index (κ3) is 2.50. The quantitative estimate of drug-likeness (QED) is 0.749. The molecule has 2 aromatic rings. The van der Waals surface area contributed by atoms with Crippen molar-refractivity contribution in [2.24, 2.45) is 5.92 Å². The highest BCUT2D eigenvalue weighted by atomic mass is 35.5. The number of aryl methyl sites for hydroxylation is 2. The molecule has 96 valence electrons. The lowest BCUT2D eigenvalue weighted by Crippen LogP contribution is -2.05. The van der Waals surface area contributed by atoms with Crippen LogP contribution in [0.3, 0.4) is 0 Å². The monoisotopic (exact) mass is 282 g/mol. The minimum atomic E-state index is 0.612. The first-order valence-corrected chi connectivity index (χ1v) is 7.40. The summed E-state index contributed by atoms with van der Waals surface area (Å²) >= 11 is 11.9. The molecule has 1 aliphatic carbocycles. The van der Waals surface area contributed by atoms with Crippen molar-refractivity contribution in [2.75, 3.05) is 5.88 Å². The molecule has 1 heterocycles. The molecule has 0 amide bonds. The third-order valence-electron chi connectivity index (χ3n) is 3.57. The predicted octanol–water partition coefficient (Wildman–Crippen LogP) is 4.27. The van der Waals surface area contributed by atoms with Crippen molar-refractivity contribution < 1.29 is 0 Å². The average Bonchev–Trinajstić information content (AvgIpc) is 3.11. The van der Waals surface area contributed by atoms with Gasteiger partial charge in [-0.15, -0.1) is 11.6 Å². The van der Waals surface area contributed by atoms with Crippen LogP contribution in [0.1, 0.15) is 25.1 Å². The molecule has 0 radical (unpaired) electrons. The molecular weight excluding hydrogens is 267 g/mol. The van der Waals surface area contributed by atoms with Crippen LogP contribution in [-0.2, 0) is 13.0 Å². The summed E-state index contributed by atoms with van der Waals surface area (Å²) in [6.07, 6.45) is 4.84. The van der Waals surface area contributed by atoms with Crippen molar-refractivity contribution in [1.29, 1.82) is 0 Å². The fourth-order valence-corrected chi connectivity index (χ4v) is 2.72. The summed E-state index contributed by atoms with van der Waals surface area (Å²) in [4.78, 5) is 4.66. The summed E-state index contributed by atoms with van der Waals surface area (Å²) in [5.41, 5.74) is 2.17. The lowest BCUT2D eigenvalue weighted by atomic mass is 10.2. The Labute approximate surface area is 117 Å². The van der Waals surface area contributed by atoms with Gasteiger partial charge in [-0.1, -0.05) is 24.4 Å². The SMILES string of the molecule is ClCCc1nc2ccc(Cl)cc2n1CCC1CC1. The second-order valence-corrected chi connectivity index (χ2v) is 5.80. The lowest BCUT2D eigenvalue weighted by Gasteiger charge is -2.08. The zero-order valence-corrected chi connectivity index (χ0v) is 11.7. The molecule has 0 bridgehead atoms. The van der Waals surface area contributed by atoms with E-state index in [4.69, 9.17) is 23.2 Å². The number of imidazole rings is 1. The Hall–Kier alpha value is -0.730. The van der Waals surface area contributed by atoms with Crippen LogP contribution in [0, 0.1) is 5.92 Å². The van der Waals surface area contributed by atoms with Crippen LogP contribution in [0.25, 0.3) is 11.0 Å². The molecule has 1 aliphatic rings. The third-order valence-corrected chi connectivity index (χ3v) is 3.99. The van der Waals surface area contributed by atoms with Crippen molar-refractivity contribution in [3.63, 3.8) is 0 Å². The lowest BCUT2D eigenvalue weighted by molar-refractivity contribution is 0.588. The van der Waals surface area contributed by atoms with Crippen LogP contribution in [0.4, 0.5) is 0 Å². The normalized spacial score (nSPS) is 15.4. The molecule has 0 spiro atoms. The smallest absolute Gasteiger partial charge is 0.111 e. The molecule has 18 heavy (non-hydrogen) atoms. The number of rotatable bonds is 5. The maximum absolute atomic E-state index is 6.08. The Morgan fingerprint density at radius 3 is 2.89 bits per heavy atom. The zero-order valence-electron chi connectivity index (χ0n) is 10.2. The van der Waals surface area contributed by atoms with Gasteiger partial charge in [0.1, 0.15) is 5.82 Å². The molecule has 0 atom stereocenters. The van der Waals surface area contributed by atoms with E-state index in [9.17, 15) is 0 Å². The average molecular weight is 283 g/mol. The molecular formula is C14H16Cl2N2. The Kier molecular flexibility index (Phi) is 3.49. The fourth-order valence-electron chi connectivity index (χ4n) is 2.39. The van der Waals surface area contributed by atoms with Gasteiger partial charge in [0.2, 0.25) is 0 Å². The minimum Gasteiger partial charge on any atom is -0.328 e. The van der Waals surface area contributed by atoms with Gasteiger partial charge in [-0.25, -0.2) is 4.98 Å². The van der Waals surface area contributed by atoms with Crippen LogP contribution in [0.5, 0.6) is 0 Å². The van der Waals surface area contributed by atoms with Gasteiger partial charge < -0.3 is 4.57 Å². The van der Waals surface area contributed by atoms with Crippen LogP contribution >= 0.6 is 23.2 Å². The second-order valence-electron chi connectivity index (χ2n) is 4.98. The van der Waals surface area contributed by atoms with Crippen molar-refractivity contribution >= 4 is 34.2 Å². The van der Waals surface area contributed by atoms with E-state index < -0.39 is 0 Å². The van der Waals surface area contributed by atoms with E-state index in [0.717, 1.165) is 40.8 Å². The molecule has 3 rings (SSSR count). The molecule has 1 aromatic carbocycles. The largest absolute Gasteiger partial charge is 0.328 e. The van der Waals surface area contributed by atoms with E-state index in [1.807, 2.05) is 18.2 Å². The first kappa shape index (κ1) is 12.3. The molecule has 0 unspecified atom stereocenters. The number of benzene rings is 1. The maximum Gasteiger partial charge on any atom is 0.111 e. The Bertz CT molecular complexity index is 558. The molecule has 0 aliphatic heterocycles. The molecule has 1 fully saturated rings. The predicted molar refractivity (Wildman–Crippen MR) is 76.5 cm³/mol. The van der Waals surface area contributed by atoms with E-state index in [1.165, 1.54) is 19.3 Å². The number of hydrogen-bond donors (Lipinski definition) is 0. The van der Waals surface area contributed by atoms with Gasteiger partial charge in [-0.2, -0.15) is 0 Å². The standard InChI is InChI=1S/C14H16Cl2N2/c15-7-5-14-17-12-4-3-11(16)9-13(12)18(14)8-6-10-1-2-10/h3-4,9-10H,1-2,5-8H2. The Morgan fingerprint density at radius 1 is 1.33 bits per heavy atom. The number of aromatic nitrogens is 2. The fraction of sp³-hybridized carbons (Fsp3) is 0.500. The molecule has 1 aromatic heterocycles. The van der Waals surface area contributed by atoms with Crippen molar-refractivity contribution in [3.05, 3.63) is 29.0 Å². The van der Waals surface area contributed by atoms with Gasteiger partial charge in [0, 0.05) is 23.9 Å². The van der Waals surface area contributed by atoms with Gasteiger partial charge in [0.25, 0.3) is 0 Å². The van der Waals surface area contributed by atoms with E-state index >= 15 is 0 Å². The van der Waals surface area contributed by atoms with Gasteiger partial charge in [0.15, 0.2) is 0 Å². The molecule has 2 nitrogen and oxygen atoms in total. The highest BCUT2D eigenvalue weighted by Gasteiger charge is 2.21. The van der Waals surface area contributed by atoms with Gasteiger partial charge >= 0.3 is 0 Å². The van der Waals surface area contributed by atoms with Gasteiger partial charge in [0.05, 0.1) is 11.0 Å². The van der Waals surface area contributed by atoms with Crippen LogP contribution in [0.15, 0.2) is 18.2 Å². The summed E-state index contributed by atoms with van der Waals surface area (Å²) < 4.78 is 2.29. The summed E-state index contributed by atoms with van der Waals surface area (Å²) in [7, 11) is 0. The number of hydrogen-bond acceptors (Lipinski definition) is 1. The summed E-state index contributed by atoms with van der Waals surface area (Å²) in [6, 6.07) is 5.89.